The molecule has 2 aromatic rings. The molecule has 3 rings (SSSR count). The summed E-state index contributed by atoms with van der Waals surface area (Å²) in [5.41, 5.74) is 1.98. The van der Waals surface area contributed by atoms with Gasteiger partial charge in [0.2, 0.25) is 0 Å². The Kier molecular flexibility index (Phi) is 1.87. The number of benzene rings is 1. The largest absolute Gasteiger partial charge is 0.370 e. The van der Waals surface area contributed by atoms with Crippen LogP contribution < -0.4 is 5.32 Å². The molecule has 0 saturated heterocycles. The fourth-order valence-electron chi connectivity index (χ4n) is 1.73. The summed E-state index contributed by atoms with van der Waals surface area (Å²) in [4.78, 5) is 4.33. The number of hydrogen-bond acceptors (Lipinski definition) is 4. The molecular formula is C10H11N5. The lowest BCUT2D eigenvalue weighted by Crippen LogP contribution is -2.24. The molecule has 2 heterocycles. The highest BCUT2D eigenvalue weighted by Gasteiger charge is 2.09. The minimum atomic E-state index is 0.681. The van der Waals surface area contributed by atoms with Crippen LogP contribution in [0.25, 0.3) is 11.0 Å². The number of aliphatic imine (C=N–C) groups is 1. The molecule has 1 aliphatic heterocycles. The first kappa shape index (κ1) is 8.40. The van der Waals surface area contributed by atoms with Crippen molar-refractivity contribution in [3.05, 3.63) is 24.3 Å². The van der Waals surface area contributed by atoms with Gasteiger partial charge in [0.15, 0.2) is 0 Å². The van der Waals surface area contributed by atoms with Crippen molar-refractivity contribution in [1.82, 2.24) is 20.3 Å². The Labute approximate surface area is 86.8 Å². The summed E-state index contributed by atoms with van der Waals surface area (Å²) >= 11 is 0. The zero-order chi connectivity index (χ0) is 10.1. The van der Waals surface area contributed by atoms with Crippen LogP contribution in [0.15, 0.2) is 29.3 Å². The summed E-state index contributed by atoms with van der Waals surface area (Å²) in [6.07, 6.45) is 0. The van der Waals surface area contributed by atoms with Gasteiger partial charge in [0, 0.05) is 6.54 Å². The molecule has 0 spiro atoms. The zero-order valence-electron chi connectivity index (χ0n) is 8.22. The van der Waals surface area contributed by atoms with Crippen LogP contribution in [0.3, 0.4) is 0 Å². The minimum absolute atomic E-state index is 0.681. The molecule has 1 N–H and O–H groups in total. The van der Waals surface area contributed by atoms with Gasteiger partial charge in [-0.1, -0.05) is 17.3 Å². The van der Waals surface area contributed by atoms with E-state index in [0.717, 1.165) is 30.0 Å². The van der Waals surface area contributed by atoms with E-state index in [-0.39, 0.29) is 0 Å². The van der Waals surface area contributed by atoms with E-state index in [9.17, 15) is 0 Å². The molecule has 5 heteroatoms. The summed E-state index contributed by atoms with van der Waals surface area (Å²) in [5, 5.41) is 11.4. The van der Waals surface area contributed by atoms with Gasteiger partial charge in [0.1, 0.15) is 17.9 Å². The van der Waals surface area contributed by atoms with Crippen molar-refractivity contribution in [3.8, 4) is 0 Å². The van der Waals surface area contributed by atoms with Crippen LogP contribution in [0.5, 0.6) is 0 Å². The third-order valence-electron chi connectivity index (χ3n) is 2.46. The lowest BCUT2D eigenvalue weighted by molar-refractivity contribution is 0.692. The molecule has 0 bridgehead atoms. The van der Waals surface area contributed by atoms with Gasteiger partial charge in [-0.05, 0) is 12.1 Å². The molecule has 0 atom stereocenters. The van der Waals surface area contributed by atoms with Crippen molar-refractivity contribution in [2.24, 2.45) is 4.99 Å². The van der Waals surface area contributed by atoms with Crippen molar-refractivity contribution in [2.75, 3.05) is 13.1 Å². The maximum atomic E-state index is 4.33. The number of nitrogens with zero attached hydrogens (tertiary/aromatic N) is 4. The molecule has 1 aromatic carbocycles. The molecule has 76 valence electrons. The molecule has 0 radical (unpaired) electrons. The standard InChI is InChI=1S/C10H11N5/c1-2-4-9-8(3-1)13-14-15(9)7-10-11-5-6-12-10/h1-4H,5-7H2,(H,11,12). The summed E-state index contributed by atoms with van der Waals surface area (Å²) in [7, 11) is 0. The number of nitrogens with one attached hydrogen (secondary N) is 1. The van der Waals surface area contributed by atoms with Crippen LogP contribution >= 0.6 is 0 Å². The van der Waals surface area contributed by atoms with E-state index in [1.54, 1.807) is 0 Å². The monoisotopic (exact) mass is 201 g/mol. The van der Waals surface area contributed by atoms with Crippen molar-refractivity contribution < 1.29 is 0 Å². The Morgan fingerprint density at radius 2 is 2.27 bits per heavy atom. The summed E-state index contributed by atoms with van der Waals surface area (Å²) in [6.45, 7) is 2.48. The Morgan fingerprint density at radius 3 is 3.13 bits per heavy atom. The highest BCUT2D eigenvalue weighted by atomic mass is 15.4. The molecular weight excluding hydrogens is 190 g/mol. The molecule has 15 heavy (non-hydrogen) atoms. The van der Waals surface area contributed by atoms with Gasteiger partial charge in [-0.2, -0.15) is 0 Å². The smallest absolute Gasteiger partial charge is 0.118 e. The molecule has 0 unspecified atom stereocenters. The Hall–Kier alpha value is -1.91. The van der Waals surface area contributed by atoms with Crippen molar-refractivity contribution in [1.29, 1.82) is 0 Å². The fraction of sp³-hybridized carbons (Fsp3) is 0.300. The Bertz CT molecular complexity index is 513. The lowest BCUT2D eigenvalue weighted by atomic mass is 10.3. The van der Waals surface area contributed by atoms with Crippen molar-refractivity contribution in [3.63, 3.8) is 0 Å². The number of para-hydroxylation sites is 1. The predicted octanol–water partition coefficient (Wildman–Crippen LogP) is 0.433. The predicted molar refractivity (Wildman–Crippen MR) is 57.8 cm³/mol. The van der Waals surface area contributed by atoms with Crippen LogP contribution in [0.2, 0.25) is 0 Å². The van der Waals surface area contributed by atoms with Gasteiger partial charge in [-0.15, -0.1) is 5.10 Å². The summed E-state index contributed by atoms with van der Waals surface area (Å²) in [6, 6.07) is 7.94. The van der Waals surface area contributed by atoms with Gasteiger partial charge in [-0.25, -0.2) is 4.68 Å². The minimum Gasteiger partial charge on any atom is -0.370 e. The van der Waals surface area contributed by atoms with Crippen LogP contribution in [-0.2, 0) is 6.54 Å². The van der Waals surface area contributed by atoms with Crippen molar-refractivity contribution in [2.45, 2.75) is 6.54 Å². The molecule has 1 aliphatic rings. The second-order valence-corrected chi connectivity index (χ2v) is 3.49. The topological polar surface area (TPSA) is 55.1 Å². The van der Waals surface area contributed by atoms with Crippen LogP contribution in [0.4, 0.5) is 0 Å². The van der Waals surface area contributed by atoms with E-state index in [0.29, 0.717) is 6.54 Å². The Morgan fingerprint density at radius 1 is 1.33 bits per heavy atom. The average molecular weight is 201 g/mol. The highest BCUT2D eigenvalue weighted by molar-refractivity contribution is 5.85. The molecule has 0 fully saturated rings. The van der Waals surface area contributed by atoms with Gasteiger partial charge >= 0.3 is 0 Å². The van der Waals surface area contributed by atoms with Crippen molar-refractivity contribution >= 4 is 16.9 Å². The number of amidine groups is 1. The number of fused-ring (bicyclic) bond motifs is 1. The number of rotatable bonds is 2. The van der Waals surface area contributed by atoms with E-state index in [2.05, 4.69) is 20.6 Å². The van der Waals surface area contributed by atoms with Gasteiger partial charge in [0.05, 0.1) is 12.1 Å². The SMILES string of the molecule is c1ccc2c(c1)nnn2CC1=NCCN1. The van der Waals surface area contributed by atoms with Crippen LogP contribution in [0.1, 0.15) is 0 Å². The average Bonchev–Trinajstić information content (AvgIpc) is 2.89. The van der Waals surface area contributed by atoms with Gasteiger partial charge in [0.25, 0.3) is 0 Å². The number of aromatic nitrogens is 3. The van der Waals surface area contributed by atoms with Gasteiger partial charge in [-0.3, -0.25) is 4.99 Å². The van der Waals surface area contributed by atoms with E-state index in [4.69, 9.17) is 0 Å². The van der Waals surface area contributed by atoms with E-state index >= 15 is 0 Å². The summed E-state index contributed by atoms with van der Waals surface area (Å²) < 4.78 is 1.87. The van der Waals surface area contributed by atoms with E-state index in [1.807, 2.05) is 28.9 Å². The third-order valence-corrected chi connectivity index (χ3v) is 2.46. The molecule has 1 aromatic heterocycles. The van der Waals surface area contributed by atoms with E-state index < -0.39 is 0 Å². The van der Waals surface area contributed by atoms with E-state index in [1.165, 1.54) is 0 Å². The lowest BCUT2D eigenvalue weighted by Gasteiger charge is -2.02. The first-order valence-corrected chi connectivity index (χ1v) is 4.99. The Balaban J connectivity index is 1.97. The fourth-order valence-corrected chi connectivity index (χ4v) is 1.73. The molecule has 5 nitrogen and oxygen atoms in total. The highest BCUT2D eigenvalue weighted by Crippen LogP contribution is 2.09. The normalized spacial score (nSPS) is 15.3. The number of hydrogen-bond donors (Lipinski definition) is 1. The second kappa shape index (κ2) is 3.34. The quantitative estimate of drug-likeness (QED) is 0.766. The van der Waals surface area contributed by atoms with Crippen LogP contribution in [-0.4, -0.2) is 33.9 Å². The first-order valence-electron chi connectivity index (χ1n) is 4.99. The van der Waals surface area contributed by atoms with Crippen LogP contribution in [0, 0.1) is 0 Å². The maximum Gasteiger partial charge on any atom is 0.118 e. The third kappa shape index (κ3) is 1.45. The molecule has 0 saturated carbocycles. The van der Waals surface area contributed by atoms with Gasteiger partial charge < -0.3 is 5.32 Å². The first-order chi connectivity index (χ1) is 7.43. The molecule has 0 aliphatic carbocycles. The second-order valence-electron chi connectivity index (χ2n) is 3.49. The summed E-state index contributed by atoms with van der Waals surface area (Å²) in [5.74, 6) is 0.991. The zero-order valence-corrected chi connectivity index (χ0v) is 8.22. The molecule has 0 amide bonds. The maximum absolute atomic E-state index is 4.33.